The van der Waals surface area contributed by atoms with Crippen molar-refractivity contribution in [2.24, 2.45) is 5.10 Å². The molecule has 2 aromatic rings. The average molecular weight is 309 g/mol. The Hall–Kier alpha value is -2.65. The SMILES string of the molecule is O=C(N/N=C/c1ccc(S(=O)(=O)[O-])o1)c1ccccc1O. The van der Waals surface area contributed by atoms with Gasteiger partial charge in [-0.2, -0.15) is 5.10 Å². The molecule has 0 saturated heterocycles. The molecule has 21 heavy (non-hydrogen) atoms. The number of hydrogen-bond acceptors (Lipinski definition) is 7. The summed E-state index contributed by atoms with van der Waals surface area (Å²) in [6.07, 6.45) is 1.02. The third-order valence-corrected chi connectivity index (χ3v) is 3.07. The summed E-state index contributed by atoms with van der Waals surface area (Å²) < 4.78 is 36.7. The van der Waals surface area contributed by atoms with Gasteiger partial charge in [-0.1, -0.05) is 12.1 Å². The molecule has 0 atom stereocenters. The van der Waals surface area contributed by atoms with Gasteiger partial charge >= 0.3 is 0 Å². The van der Waals surface area contributed by atoms with Gasteiger partial charge in [-0.3, -0.25) is 4.79 Å². The number of carbonyl (C=O) groups is 1. The van der Waals surface area contributed by atoms with Crippen LogP contribution in [0.25, 0.3) is 0 Å². The molecule has 1 heterocycles. The number of nitrogens with one attached hydrogen (secondary N) is 1. The Balaban J connectivity index is 2.05. The van der Waals surface area contributed by atoms with Crippen molar-refractivity contribution in [3.8, 4) is 5.75 Å². The van der Waals surface area contributed by atoms with E-state index in [0.29, 0.717) is 0 Å². The average Bonchev–Trinajstić information content (AvgIpc) is 2.88. The number of aromatic hydroxyl groups is 1. The van der Waals surface area contributed by atoms with Crippen LogP contribution in [0.2, 0.25) is 0 Å². The van der Waals surface area contributed by atoms with Crippen LogP contribution in [0.3, 0.4) is 0 Å². The highest BCUT2D eigenvalue weighted by Crippen LogP contribution is 2.15. The van der Waals surface area contributed by atoms with Gasteiger partial charge in [0.2, 0.25) is 5.09 Å². The third kappa shape index (κ3) is 3.68. The molecule has 1 amide bonds. The number of phenols is 1. The first-order chi connectivity index (χ1) is 9.88. The van der Waals surface area contributed by atoms with E-state index in [2.05, 4.69) is 10.5 Å². The molecule has 110 valence electrons. The first-order valence-corrected chi connectivity index (χ1v) is 6.96. The number of benzene rings is 1. The normalized spacial score (nSPS) is 11.7. The maximum atomic E-state index is 11.7. The summed E-state index contributed by atoms with van der Waals surface area (Å²) in [6, 6.07) is 8.06. The van der Waals surface area contributed by atoms with E-state index in [9.17, 15) is 22.9 Å². The number of nitrogens with zero attached hydrogens (tertiary/aromatic N) is 1. The first-order valence-electron chi connectivity index (χ1n) is 5.55. The van der Waals surface area contributed by atoms with E-state index in [1.165, 1.54) is 18.2 Å². The van der Waals surface area contributed by atoms with Crippen LogP contribution in [0.15, 0.2) is 51.0 Å². The maximum absolute atomic E-state index is 11.7. The van der Waals surface area contributed by atoms with Gasteiger partial charge in [0, 0.05) is 0 Å². The largest absolute Gasteiger partial charge is 0.742 e. The van der Waals surface area contributed by atoms with E-state index < -0.39 is 21.1 Å². The Labute approximate surface area is 119 Å². The van der Waals surface area contributed by atoms with Crippen molar-refractivity contribution in [2.75, 3.05) is 0 Å². The number of rotatable bonds is 4. The fraction of sp³-hybridized carbons (Fsp3) is 0. The van der Waals surface area contributed by atoms with Crippen LogP contribution in [-0.4, -0.2) is 30.2 Å². The van der Waals surface area contributed by atoms with Crippen molar-refractivity contribution >= 4 is 22.2 Å². The highest BCUT2D eigenvalue weighted by molar-refractivity contribution is 7.85. The van der Waals surface area contributed by atoms with Gasteiger partial charge in [0.25, 0.3) is 5.91 Å². The number of furan rings is 1. The zero-order valence-electron chi connectivity index (χ0n) is 10.4. The van der Waals surface area contributed by atoms with Crippen molar-refractivity contribution < 1.29 is 27.3 Å². The summed E-state index contributed by atoms with van der Waals surface area (Å²) in [5, 5.41) is 12.2. The number of carbonyl (C=O) groups excluding carboxylic acids is 1. The number of hydrazone groups is 1. The number of phenolic OH excluding ortho intramolecular Hbond substituents is 1. The number of hydrogen-bond donors (Lipinski definition) is 2. The van der Waals surface area contributed by atoms with E-state index in [0.717, 1.165) is 12.3 Å². The van der Waals surface area contributed by atoms with E-state index in [1.54, 1.807) is 12.1 Å². The lowest BCUT2D eigenvalue weighted by Crippen LogP contribution is -2.17. The fourth-order valence-electron chi connectivity index (χ4n) is 1.42. The molecular formula is C12H9N2O6S-. The van der Waals surface area contributed by atoms with Gasteiger partial charge in [0.1, 0.15) is 11.5 Å². The minimum Gasteiger partial charge on any atom is -0.742 e. The second kappa shape index (κ2) is 5.77. The molecule has 0 aliphatic rings. The summed E-state index contributed by atoms with van der Waals surface area (Å²) >= 11 is 0. The highest BCUT2D eigenvalue weighted by atomic mass is 32.2. The van der Waals surface area contributed by atoms with Crippen molar-refractivity contribution in [1.82, 2.24) is 5.43 Å². The smallest absolute Gasteiger partial charge is 0.275 e. The van der Waals surface area contributed by atoms with Gasteiger partial charge in [0.05, 0.1) is 11.8 Å². The number of para-hydroxylation sites is 1. The molecule has 1 aromatic carbocycles. The Morgan fingerprint density at radius 1 is 1.29 bits per heavy atom. The second-order valence-corrected chi connectivity index (χ2v) is 5.14. The second-order valence-electron chi connectivity index (χ2n) is 3.83. The van der Waals surface area contributed by atoms with Gasteiger partial charge in [-0.05, 0) is 24.3 Å². The molecule has 0 spiro atoms. The molecule has 0 fully saturated rings. The molecular weight excluding hydrogens is 300 g/mol. The Bertz CT molecular complexity index is 794. The van der Waals surface area contributed by atoms with Crippen LogP contribution in [0.1, 0.15) is 16.1 Å². The van der Waals surface area contributed by atoms with Crippen LogP contribution in [0, 0.1) is 0 Å². The maximum Gasteiger partial charge on any atom is 0.275 e. The topological polar surface area (TPSA) is 132 Å². The fourth-order valence-corrected chi connectivity index (χ4v) is 1.85. The minimum atomic E-state index is -4.67. The summed E-state index contributed by atoms with van der Waals surface area (Å²) in [6.45, 7) is 0. The molecule has 0 radical (unpaired) electrons. The molecule has 0 unspecified atom stereocenters. The lowest BCUT2D eigenvalue weighted by molar-refractivity contribution is 0.0952. The van der Waals surface area contributed by atoms with E-state index in [1.807, 2.05) is 0 Å². The molecule has 0 aliphatic carbocycles. The van der Waals surface area contributed by atoms with Crippen LogP contribution in [0.4, 0.5) is 0 Å². The zero-order valence-corrected chi connectivity index (χ0v) is 11.2. The van der Waals surface area contributed by atoms with Crippen molar-refractivity contribution in [3.05, 3.63) is 47.7 Å². The van der Waals surface area contributed by atoms with E-state index in [4.69, 9.17) is 4.42 Å². The number of amides is 1. The summed E-state index contributed by atoms with van der Waals surface area (Å²) in [5.74, 6) is -0.891. The van der Waals surface area contributed by atoms with Crippen LogP contribution in [0.5, 0.6) is 5.75 Å². The van der Waals surface area contributed by atoms with Gasteiger partial charge < -0.3 is 14.1 Å². The van der Waals surface area contributed by atoms with Crippen molar-refractivity contribution in [2.45, 2.75) is 5.09 Å². The quantitative estimate of drug-likeness (QED) is 0.484. The lowest BCUT2D eigenvalue weighted by Gasteiger charge is -2.01. The molecule has 2 rings (SSSR count). The van der Waals surface area contributed by atoms with Crippen LogP contribution < -0.4 is 5.43 Å². The Morgan fingerprint density at radius 2 is 2.00 bits per heavy atom. The van der Waals surface area contributed by atoms with Gasteiger partial charge in [0.15, 0.2) is 10.1 Å². The highest BCUT2D eigenvalue weighted by Gasteiger charge is 2.09. The lowest BCUT2D eigenvalue weighted by atomic mass is 10.2. The third-order valence-electron chi connectivity index (χ3n) is 2.36. The summed E-state index contributed by atoms with van der Waals surface area (Å²) in [4.78, 5) is 11.7. The Morgan fingerprint density at radius 3 is 2.62 bits per heavy atom. The molecule has 0 aliphatic heterocycles. The van der Waals surface area contributed by atoms with Crippen LogP contribution in [-0.2, 0) is 10.1 Å². The van der Waals surface area contributed by atoms with Gasteiger partial charge in [-0.25, -0.2) is 13.8 Å². The van der Waals surface area contributed by atoms with Crippen LogP contribution >= 0.6 is 0 Å². The monoisotopic (exact) mass is 309 g/mol. The van der Waals surface area contributed by atoms with Crippen molar-refractivity contribution in [3.63, 3.8) is 0 Å². The minimum absolute atomic E-state index is 0.0249. The molecule has 1 aromatic heterocycles. The summed E-state index contributed by atoms with van der Waals surface area (Å²) in [5.41, 5.74) is 2.14. The zero-order chi connectivity index (χ0) is 15.5. The summed E-state index contributed by atoms with van der Waals surface area (Å²) in [7, 11) is -4.67. The van der Waals surface area contributed by atoms with E-state index in [-0.39, 0.29) is 17.1 Å². The first kappa shape index (κ1) is 14.8. The van der Waals surface area contributed by atoms with Gasteiger partial charge in [-0.15, -0.1) is 0 Å². The Kier molecular flexibility index (Phi) is 4.05. The van der Waals surface area contributed by atoms with E-state index >= 15 is 0 Å². The van der Waals surface area contributed by atoms with Crippen molar-refractivity contribution in [1.29, 1.82) is 0 Å². The molecule has 0 bridgehead atoms. The predicted molar refractivity (Wildman–Crippen MR) is 69.8 cm³/mol. The molecule has 2 N–H and O–H groups in total. The molecule has 0 saturated carbocycles. The molecule has 8 nitrogen and oxygen atoms in total. The standard InChI is InChI=1S/C12H10N2O6S/c15-10-4-2-1-3-9(10)12(16)14-13-7-8-5-6-11(20-8)21(17,18)19/h1-7,15H,(H,14,16)(H,17,18,19)/p-1/b13-7+. The molecule has 9 heteroatoms. The predicted octanol–water partition coefficient (Wildman–Crippen LogP) is 0.653.